The second-order valence-corrected chi connectivity index (χ2v) is 5.28. The van der Waals surface area contributed by atoms with Gasteiger partial charge in [-0.2, -0.15) is 0 Å². The lowest BCUT2D eigenvalue weighted by Crippen LogP contribution is -2.28. The van der Waals surface area contributed by atoms with Crippen molar-refractivity contribution in [1.29, 1.82) is 0 Å². The average Bonchev–Trinajstić information content (AvgIpc) is 2.24. The van der Waals surface area contributed by atoms with Crippen molar-refractivity contribution in [2.24, 2.45) is 5.41 Å². The molecular formula is C12H19N3O. The van der Waals surface area contributed by atoms with E-state index in [4.69, 9.17) is 10.5 Å². The standard InChI is InChI=1S/C12H19N3O/c1-12(2)7-5-9(6-8-12)16-11-4-3-10(13)14-15-11/h3-4,9H,5-8H2,1-2H3,(H2,13,14). The Morgan fingerprint density at radius 1 is 1.25 bits per heavy atom. The molecule has 1 saturated carbocycles. The van der Waals surface area contributed by atoms with Gasteiger partial charge >= 0.3 is 0 Å². The summed E-state index contributed by atoms with van der Waals surface area (Å²) in [6.45, 7) is 4.62. The highest BCUT2D eigenvalue weighted by Crippen LogP contribution is 2.36. The van der Waals surface area contributed by atoms with Crippen molar-refractivity contribution in [3.63, 3.8) is 0 Å². The van der Waals surface area contributed by atoms with Crippen LogP contribution in [-0.4, -0.2) is 16.3 Å². The van der Waals surface area contributed by atoms with E-state index >= 15 is 0 Å². The molecule has 16 heavy (non-hydrogen) atoms. The first-order chi connectivity index (χ1) is 7.55. The predicted molar refractivity (Wildman–Crippen MR) is 63.1 cm³/mol. The Balaban J connectivity index is 1.89. The van der Waals surface area contributed by atoms with Crippen molar-refractivity contribution < 1.29 is 4.74 Å². The molecule has 0 amide bonds. The Morgan fingerprint density at radius 3 is 2.50 bits per heavy atom. The molecule has 0 spiro atoms. The van der Waals surface area contributed by atoms with Gasteiger partial charge in [0.1, 0.15) is 11.9 Å². The lowest BCUT2D eigenvalue weighted by molar-refractivity contribution is 0.0941. The monoisotopic (exact) mass is 221 g/mol. The van der Waals surface area contributed by atoms with E-state index in [1.807, 2.05) is 0 Å². The third kappa shape index (κ3) is 2.84. The molecule has 0 unspecified atom stereocenters. The number of rotatable bonds is 2. The van der Waals surface area contributed by atoms with Crippen LogP contribution in [0.3, 0.4) is 0 Å². The maximum absolute atomic E-state index is 5.77. The molecular weight excluding hydrogens is 202 g/mol. The third-order valence-electron chi connectivity index (χ3n) is 3.23. The van der Waals surface area contributed by atoms with Gasteiger partial charge in [-0.05, 0) is 37.2 Å². The van der Waals surface area contributed by atoms with Crippen molar-refractivity contribution in [3.8, 4) is 5.88 Å². The summed E-state index contributed by atoms with van der Waals surface area (Å²) in [6, 6.07) is 3.50. The molecule has 2 rings (SSSR count). The summed E-state index contributed by atoms with van der Waals surface area (Å²) in [5.74, 6) is 1.01. The van der Waals surface area contributed by atoms with E-state index in [-0.39, 0.29) is 6.10 Å². The SMILES string of the molecule is CC1(C)CCC(Oc2ccc(N)nn2)CC1. The van der Waals surface area contributed by atoms with Crippen molar-refractivity contribution in [2.75, 3.05) is 5.73 Å². The number of anilines is 1. The molecule has 1 heterocycles. The van der Waals surface area contributed by atoms with Crippen molar-refractivity contribution in [1.82, 2.24) is 10.2 Å². The Bertz CT molecular complexity index is 338. The molecule has 1 aliphatic rings. The maximum atomic E-state index is 5.77. The molecule has 0 bridgehead atoms. The lowest BCUT2D eigenvalue weighted by atomic mass is 9.76. The van der Waals surface area contributed by atoms with Crippen LogP contribution in [0.4, 0.5) is 5.82 Å². The van der Waals surface area contributed by atoms with E-state index in [9.17, 15) is 0 Å². The van der Waals surface area contributed by atoms with Crippen LogP contribution in [0.15, 0.2) is 12.1 Å². The van der Waals surface area contributed by atoms with Gasteiger partial charge in [0, 0.05) is 6.07 Å². The van der Waals surface area contributed by atoms with E-state index < -0.39 is 0 Å². The van der Waals surface area contributed by atoms with Gasteiger partial charge in [-0.1, -0.05) is 13.8 Å². The predicted octanol–water partition coefficient (Wildman–Crippen LogP) is 2.41. The number of hydrogen-bond acceptors (Lipinski definition) is 4. The molecule has 0 aromatic carbocycles. The molecule has 2 N–H and O–H groups in total. The van der Waals surface area contributed by atoms with Gasteiger partial charge in [-0.15, -0.1) is 10.2 Å². The number of nitrogens with zero attached hydrogens (tertiary/aromatic N) is 2. The first-order valence-corrected chi connectivity index (χ1v) is 5.81. The molecule has 4 heteroatoms. The minimum absolute atomic E-state index is 0.283. The second kappa shape index (κ2) is 4.28. The number of hydrogen-bond donors (Lipinski definition) is 1. The van der Waals surface area contributed by atoms with E-state index in [0.717, 1.165) is 12.8 Å². The van der Waals surface area contributed by atoms with E-state index in [1.54, 1.807) is 12.1 Å². The number of aromatic nitrogens is 2. The number of nitrogens with two attached hydrogens (primary N) is 1. The zero-order chi connectivity index (χ0) is 11.6. The summed E-state index contributed by atoms with van der Waals surface area (Å²) in [6.07, 6.45) is 4.89. The Hall–Kier alpha value is -1.32. The minimum atomic E-state index is 0.283. The third-order valence-corrected chi connectivity index (χ3v) is 3.23. The Morgan fingerprint density at radius 2 is 1.94 bits per heavy atom. The normalized spacial score (nSPS) is 20.6. The maximum Gasteiger partial charge on any atom is 0.233 e. The minimum Gasteiger partial charge on any atom is -0.473 e. The van der Waals surface area contributed by atoms with E-state index in [1.165, 1.54) is 12.8 Å². The summed E-state index contributed by atoms with van der Waals surface area (Å²) in [5, 5.41) is 7.69. The van der Waals surface area contributed by atoms with E-state index in [0.29, 0.717) is 17.1 Å². The van der Waals surface area contributed by atoms with Gasteiger partial charge < -0.3 is 10.5 Å². The highest BCUT2D eigenvalue weighted by atomic mass is 16.5. The molecule has 1 aromatic heterocycles. The zero-order valence-corrected chi connectivity index (χ0v) is 9.94. The number of ether oxygens (including phenoxy) is 1. The van der Waals surface area contributed by atoms with Crippen LogP contribution in [0.5, 0.6) is 5.88 Å². The Kier molecular flexibility index (Phi) is 2.99. The smallest absolute Gasteiger partial charge is 0.233 e. The number of nitrogen functional groups attached to an aromatic ring is 1. The molecule has 0 radical (unpaired) electrons. The fraction of sp³-hybridized carbons (Fsp3) is 0.667. The summed E-state index contributed by atoms with van der Waals surface area (Å²) in [7, 11) is 0. The first-order valence-electron chi connectivity index (χ1n) is 5.81. The summed E-state index contributed by atoms with van der Waals surface area (Å²) in [5.41, 5.74) is 5.93. The van der Waals surface area contributed by atoms with Gasteiger partial charge in [0.25, 0.3) is 0 Å². The molecule has 88 valence electrons. The van der Waals surface area contributed by atoms with Crippen LogP contribution >= 0.6 is 0 Å². The average molecular weight is 221 g/mol. The molecule has 4 nitrogen and oxygen atoms in total. The topological polar surface area (TPSA) is 61.0 Å². The summed E-state index contributed by atoms with van der Waals surface area (Å²) >= 11 is 0. The van der Waals surface area contributed by atoms with Crippen LogP contribution in [0, 0.1) is 5.41 Å². The lowest BCUT2D eigenvalue weighted by Gasteiger charge is -2.33. The summed E-state index contributed by atoms with van der Waals surface area (Å²) in [4.78, 5) is 0. The quantitative estimate of drug-likeness (QED) is 0.833. The van der Waals surface area contributed by atoms with Gasteiger partial charge in [-0.25, -0.2) is 0 Å². The van der Waals surface area contributed by atoms with Gasteiger partial charge in [0.2, 0.25) is 5.88 Å². The van der Waals surface area contributed by atoms with Crippen LogP contribution < -0.4 is 10.5 Å². The fourth-order valence-corrected chi connectivity index (χ4v) is 2.05. The molecule has 1 aromatic rings. The molecule has 1 fully saturated rings. The highest BCUT2D eigenvalue weighted by Gasteiger charge is 2.27. The van der Waals surface area contributed by atoms with Gasteiger partial charge in [0.05, 0.1) is 0 Å². The molecule has 1 aliphatic carbocycles. The molecule has 0 saturated heterocycles. The largest absolute Gasteiger partial charge is 0.473 e. The fourth-order valence-electron chi connectivity index (χ4n) is 2.05. The van der Waals surface area contributed by atoms with Crippen molar-refractivity contribution in [3.05, 3.63) is 12.1 Å². The van der Waals surface area contributed by atoms with Crippen LogP contribution in [0.25, 0.3) is 0 Å². The van der Waals surface area contributed by atoms with Gasteiger partial charge in [0.15, 0.2) is 0 Å². The second-order valence-electron chi connectivity index (χ2n) is 5.28. The van der Waals surface area contributed by atoms with Crippen molar-refractivity contribution >= 4 is 5.82 Å². The van der Waals surface area contributed by atoms with Crippen LogP contribution in [-0.2, 0) is 0 Å². The van der Waals surface area contributed by atoms with Crippen LogP contribution in [0.1, 0.15) is 39.5 Å². The van der Waals surface area contributed by atoms with Crippen molar-refractivity contribution in [2.45, 2.75) is 45.6 Å². The van der Waals surface area contributed by atoms with Gasteiger partial charge in [-0.3, -0.25) is 0 Å². The highest BCUT2D eigenvalue weighted by molar-refractivity contribution is 5.27. The molecule has 0 atom stereocenters. The zero-order valence-electron chi connectivity index (χ0n) is 9.94. The molecule has 0 aliphatic heterocycles. The Labute approximate surface area is 96.2 Å². The van der Waals surface area contributed by atoms with Crippen LogP contribution in [0.2, 0.25) is 0 Å². The first kappa shape index (κ1) is 11.2. The summed E-state index contributed by atoms with van der Waals surface area (Å²) < 4.78 is 5.77. The van der Waals surface area contributed by atoms with E-state index in [2.05, 4.69) is 24.0 Å².